The Kier molecular flexibility index (Phi) is 6.87. The average molecular weight is 298 g/mol. The molecule has 0 bridgehead atoms. The first-order valence-electron chi connectivity index (χ1n) is 6.98. The number of hydrogen-bond acceptors (Lipinski definition) is 5. The minimum atomic E-state index is -0.939. The molecule has 0 aliphatic carbocycles. The van der Waals surface area contributed by atoms with Gasteiger partial charge in [-0.05, 0) is 20.3 Å². The van der Waals surface area contributed by atoms with E-state index in [1.807, 2.05) is 6.92 Å². The third-order valence-corrected chi connectivity index (χ3v) is 2.96. The molecule has 0 aliphatic heterocycles. The zero-order valence-electron chi connectivity index (χ0n) is 12.7. The van der Waals surface area contributed by atoms with Gasteiger partial charge in [0.15, 0.2) is 0 Å². The molecule has 0 fully saturated rings. The Bertz CT molecular complexity index is 472. The van der Waals surface area contributed by atoms with Crippen molar-refractivity contribution in [2.24, 2.45) is 5.92 Å². The first-order valence-corrected chi connectivity index (χ1v) is 6.98. The summed E-state index contributed by atoms with van der Waals surface area (Å²) < 4.78 is 10.2. The zero-order chi connectivity index (χ0) is 15.8. The molecule has 0 saturated heterocycles. The highest BCUT2D eigenvalue weighted by Crippen LogP contribution is 2.10. The van der Waals surface area contributed by atoms with Crippen LogP contribution >= 0.6 is 0 Å². The van der Waals surface area contributed by atoms with Crippen molar-refractivity contribution in [2.75, 3.05) is 26.3 Å². The van der Waals surface area contributed by atoms with Gasteiger partial charge >= 0.3 is 5.97 Å². The molecule has 0 spiro atoms. The average Bonchev–Trinajstić information content (AvgIpc) is 2.87. The first kappa shape index (κ1) is 17.2. The maximum Gasteiger partial charge on any atom is 0.308 e. The minimum Gasteiger partial charge on any atom is -0.481 e. The number of ether oxygens (including phenoxy) is 1. The van der Waals surface area contributed by atoms with Gasteiger partial charge in [-0.1, -0.05) is 12.1 Å². The van der Waals surface area contributed by atoms with Gasteiger partial charge in [-0.15, -0.1) is 0 Å². The van der Waals surface area contributed by atoms with E-state index in [0.717, 1.165) is 0 Å². The van der Waals surface area contributed by atoms with Crippen molar-refractivity contribution < 1.29 is 24.0 Å². The summed E-state index contributed by atoms with van der Waals surface area (Å²) in [6.45, 7) is 6.86. The van der Waals surface area contributed by atoms with Crippen LogP contribution in [-0.2, 0) is 9.53 Å². The van der Waals surface area contributed by atoms with Crippen LogP contribution in [0.15, 0.2) is 10.6 Å². The number of carboxylic acids is 1. The van der Waals surface area contributed by atoms with Gasteiger partial charge in [-0.3, -0.25) is 9.59 Å². The lowest BCUT2D eigenvalue weighted by molar-refractivity contribution is -0.141. The summed E-state index contributed by atoms with van der Waals surface area (Å²) in [6, 6.07) is 1.54. The van der Waals surface area contributed by atoms with Gasteiger partial charge in [0.2, 0.25) is 5.76 Å². The van der Waals surface area contributed by atoms with Crippen LogP contribution in [0.25, 0.3) is 0 Å². The van der Waals surface area contributed by atoms with E-state index in [4.69, 9.17) is 14.4 Å². The van der Waals surface area contributed by atoms with Crippen LogP contribution in [0.5, 0.6) is 0 Å². The van der Waals surface area contributed by atoms with E-state index in [-0.39, 0.29) is 18.2 Å². The van der Waals surface area contributed by atoms with E-state index in [1.54, 1.807) is 19.9 Å². The Morgan fingerprint density at radius 2 is 2.24 bits per heavy atom. The van der Waals surface area contributed by atoms with Crippen LogP contribution in [0.4, 0.5) is 0 Å². The summed E-state index contributed by atoms with van der Waals surface area (Å²) in [4.78, 5) is 24.8. The Hall–Kier alpha value is -1.89. The molecule has 1 unspecified atom stereocenters. The molecule has 0 aliphatic rings. The fraction of sp³-hybridized carbons (Fsp3) is 0.643. The molecule has 7 heteroatoms. The number of carboxylic acid groups (broad SMARTS) is 1. The molecule has 1 heterocycles. The maximum absolute atomic E-state index is 12.3. The highest BCUT2D eigenvalue weighted by Gasteiger charge is 2.24. The summed E-state index contributed by atoms with van der Waals surface area (Å²) in [7, 11) is 0. The largest absolute Gasteiger partial charge is 0.481 e. The summed E-state index contributed by atoms with van der Waals surface area (Å²) in [5.74, 6) is -1.81. The number of hydrogen-bond donors (Lipinski definition) is 1. The topological polar surface area (TPSA) is 92.9 Å². The Morgan fingerprint density at radius 1 is 1.52 bits per heavy atom. The predicted molar refractivity (Wildman–Crippen MR) is 75.1 cm³/mol. The van der Waals surface area contributed by atoms with Gasteiger partial charge in [0.05, 0.1) is 11.6 Å². The molecule has 1 rings (SSSR count). The fourth-order valence-corrected chi connectivity index (χ4v) is 1.81. The molecule has 0 aromatic carbocycles. The summed E-state index contributed by atoms with van der Waals surface area (Å²) >= 11 is 0. The maximum atomic E-state index is 12.3. The van der Waals surface area contributed by atoms with E-state index < -0.39 is 11.9 Å². The lowest BCUT2D eigenvalue weighted by Gasteiger charge is -2.23. The monoisotopic (exact) mass is 298 g/mol. The highest BCUT2D eigenvalue weighted by molar-refractivity contribution is 5.91. The number of carbonyl (C=O) groups excluding carboxylic acids is 1. The minimum absolute atomic E-state index is 0.125. The highest BCUT2D eigenvalue weighted by atomic mass is 16.5. The number of aliphatic carboxylic acids is 1. The standard InChI is InChI=1S/C14H22N2O5/c1-4-20-7-5-6-16(9-10(2)14(18)19)13(17)12-8-11(3)15-21-12/h8,10H,4-7,9H2,1-3H3,(H,18,19). The van der Waals surface area contributed by atoms with Crippen molar-refractivity contribution in [1.82, 2.24) is 10.1 Å². The van der Waals surface area contributed by atoms with Gasteiger partial charge < -0.3 is 19.3 Å². The van der Waals surface area contributed by atoms with Crippen molar-refractivity contribution in [3.05, 3.63) is 17.5 Å². The molecule has 1 amide bonds. The van der Waals surface area contributed by atoms with Crippen molar-refractivity contribution in [1.29, 1.82) is 0 Å². The Labute approximate surface area is 123 Å². The van der Waals surface area contributed by atoms with Crippen molar-refractivity contribution in [3.63, 3.8) is 0 Å². The zero-order valence-corrected chi connectivity index (χ0v) is 12.7. The second-order valence-electron chi connectivity index (χ2n) is 4.87. The van der Waals surface area contributed by atoms with Crippen molar-refractivity contribution >= 4 is 11.9 Å². The third kappa shape index (κ3) is 5.55. The summed E-state index contributed by atoms with van der Waals surface area (Å²) in [6.07, 6.45) is 0.638. The Balaban J connectivity index is 2.70. The predicted octanol–water partition coefficient (Wildman–Crippen LogP) is 1.57. The number of nitrogens with zero attached hydrogens (tertiary/aromatic N) is 2. The number of aromatic nitrogens is 1. The van der Waals surface area contributed by atoms with E-state index in [2.05, 4.69) is 5.16 Å². The summed E-state index contributed by atoms with van der Waals surface area (Å²) in [5.41, 5.74) is 0.610. The lowest BCUT2D eigenvalue weighted by Crippen LogP contribution is -2.37. The molecular formula is C14H22N2O5. The molecule has 0 saturated carbocycles. The normalized spacial score (nSPS) is 12.1. The Morgan fingerprint density at radius 3 is 2.76 bits per heavy atom. The lowest BCUT2D eigenvalue weighted by atomic mass is 10.1. The van der Waals surface area contributed by atoms with Gasteiger partial charge in [0.1, 0.15) is 0 Å². The molecular weight excluding hydrogens is 276 g/mol. The summed E-state index contributed by atoms with van der Waals surface area (Å²) in [5, 5.41) is 12.7. The molecule has 1 aromatic rings. The second-order valence-corrected chi connectivity index (χ2v) is 4.87. The fourth-order valence-electron chi connectivity index (χ4n) is 1.81. The number of amides is 1. The quantitative estimate of drug-likeness (QED) is 0.696. The van der Waals surface area contributed by atoms with Crippen molar-refractivity contribution in [2.45, 2.75) is 27.2 Å². The molecule has 118 valence electrons. The van der Waals surface area contributed by atoms with Gasteiger partial charge in [-0.2, -0.15) is 0 Å². The number of rotatable bonds is 9. The number of aryl methyl sites for hydroxylation is 1. The smallest absolute Gasteiger partial charge is 0.308 e. The van der Waals surface area contributed by atoms with Crippen LogP contribution in [0.2, 0.25) is 0 Å². The molecule has 0 radical (unpaired) electrons. The van der Waals surface area contributed by atoms with Crippen LogP contribution in [0.1, 0.15) is 36.5 Å². The van der Waals surface area contributed by atoms with E-state index in [9.17, 15) is 9.59 Å². The van der Waals surface area contributed by atoms with E-state index in [0.29, 0.717) is 31.9 Å². The van der Waals surface area contributed by atoms with Gasteiger partial charge in [-0.25, -0.2) is 0 Å². The number of carbonyl (C=O) groups is 2. The third-order valence-electron chi connectivity index (χ3n) is 2.96. The van der Waals surface area contributed by atoms with Crippen LogP contribution in [0, 0.1) is 12.8 Å². The molecule has 1 atom stereocenters. The van der Waals surface area contributed by atoms with Crippen LogP contribution in [-0.4, -0.2) is 53.3 Å². The molecule has 7 nitrogen and oxygen atoms in total. The SMILES string of the molecule is CCOCCCN(CC(C)C(=O)O)C(=O)c1cc(C)no1. The van der Waals surface area contributed by atoms with Gasteiger partial charge in [0.25, 0.3) is 5.91 Å². The molecule has 21 heavy (non-hydrogen) atoms. The molecule has 1 aromatic heterocycles. The van der Waals surface area contributed by atoms with Crippen molar-refractivity contribution in [3.8, 4) is 0 Å². The first-order chi connectivity index (χ1) is 9.95. The second kappa shape index (κ2) is 8.41. The van der Waals surface area contributed by atoms with Gasteiger partial charge in [0, 0.05) is 32.4 Å². The van der Waals surface area contributed by atoms with E-state index in [1.165, 1.54) is 4.90 Å². The van der Waals surface area contributed by atoms with Crippen LogP contribution in [0.3, 0.4) is 0 Å². The van der Waals surface area contributed by atoms with E-state index >= 15 is 0 Å². The molecule has 1 N–H and O–H groups in total. The van der Waals surface area contributed by atoms with Crippen LogP contribution < -0.4 is 0 Å².